The minimum absolute atomic E-state index is 0.144. The van der Waals surface area contributed by atoms with E-state index in [1.54, 1.807) is 12.1 Å². The zero-order valence-corrected chi connectivity index (χ0v) is 9.40. The summed E-state index contributed by atoms with van der Waals surface area (Å²) in [7, 11) is 1.50. The molecule has 0 radical (unpaired) electrons. The fraction of sp³-hybridized carbons (Fsp3) is 0.333. The number of ether oxygens (including phenoxy) is 1. The standard InChI is InChI=1S/C12H13NO4/c1-17-12(5-6-12)11(16)13-9-4-2-3-8(7-9)10(14)15/h2-4,7H,5-6H2,1H3,(H,13,16)(H,14,15). The van der Waals surface area contributed by atoms with E-state index in [0.29, 0.717) is 18.5 Å². The number of methoxy groups -OCH3 is 1. The highest BCUT2D eigenvalue weighted by Gasteiger charge is 2.50. The lowest BCUT2D eigenvalue weighted by atomic mass is 10.2. The van der Waals surface area contributed by atoms with Crippen LogP contribution in [0, 0.1) is 0 Å². The number of carboxylic acids is 1. The summed E-state index contributed by atoms with van der Waals surface area (Å²) in [5.74, 6) is -1.24. The van der Waals surface area contributed by atoms with Gasteiger partial charge in [-0.3, -0.25) is 4.79 Å². The maximum Gasteiger partial charge on any atom is 0.335 e. The number of carboxylic acid groups (broad SMARTS) is 1. The van der Waals surface area contributed by atoms with Crippen molar-refractivity contribution in [3.8, 4) is 0 Å². The van der Waals surface area contributed by atoms with Crippen LogP contribution in [0.1, 0.15) is 23.2 Å². The van der Waals surface area contributed by atoms with Crippen LogP contribution in [0.15, 0.2) is 24.3 Å². The SMILES string of the molecule is COC1(C(=O)Nc2cccc(C(=O)O)c2)CC1. The molecule has 0 spiro atoms. The van der Waals surface area contributed by atoms with Crippen molar-refractivity contribution in [3.63, 3.8) is 0 Å². The van der Waals surface area contributed by atoms with Gasteiger partial charge in [0.05, 0.1) is 5.56 Å². The van der Waals surface area contributed by atoms with Crippen LogP contribution in [0.4, 0.5) is 5.69 Å². The third-order valence-electron chi connectivity index (χ3n) is 2.88. The Morgan fingerprint density at radius 3 is 2.65 bits per heavy atom. The van der Waals surface area contributed by atoms with Crippen molar-refractivity contribution in [2.75, 3.05) is 12.4 Å². The van der Waals surface area contributed by atoms with Crippen LogP contribution in [-0.4, -0.2) is 29.7 Å². The van der Waals surface area contributed by atoms with Crippen molar-refractivity contribution in [1.82, 2.24) is 0 Å². The number of nitrogens with one attached hydrogen (secondary N) is 1. The molecule has 5 heteroatoms. The zero-order chi connectivity index (χ0) is 12.5. The Balaban J connectivity index is 2.11. The summed E-state index contributed by atoms with van der Waals surface area (Å²) >= 11 is 0. The maximum atomic E-state index is 11.8. The summed E-state index contributed by atoms with van der Waals surface area (Å²) in [6.07, 6.45) is 1.40. The highest BCUT2D eigenvalue weighted by Crippen LogP contribution is 2.39. The number of hydrogen-bond acceptors (Lipinski definition) is 3. The molecular formula is C12H13NO4. The van der Waals surface area contributed by atoms with Crippen LogP contribution in [-0.2, 0) is 9.53 Å². The molecule has 0 aliphatic heterocycles. The van der Waals surface area contributed by atoms with Crippen molar-refractivity contribution < 1.29 is 19.4 Å². The number of aromatic carboxylic acids is 1. The molecule has 0 saturated heterocycles. The second kappa shape index (κ2) is 4.18. The molecule has 0 unspecified atom stereocenters. The molecule has 1 aliphatic rings. The van der Waals surface area contributed by atoms with Gasteiger partial charge >= 0.3 is 5.97 Å². The summed E-state index contributed by atoms with van der Waals surface area (Å²) in [6, 6.07) is 6.13. The summed E-state index contributed by atoms with van der Waals surface area (Å²) in [5.41, 5.74) is -0.0949. The summed E-state index contributed by atoms with van der Waals surface area (Å²) < 4.78 is 5.13. The van der Waals surface area contributed by atoms with E-state index in [2.05, 4.69) is 5.32 Å². The minimum Gasteiger partial charge on any atom is -0.478 e. The average molecular weight is 235 g/mol. The van der Waals surface area contributed by atoms with Gasteiger partial charge in [0.2, 0.25) is 0 Å². The quantitative estimate of drug-likeness (QED) is 0.829. The first-order valence-corrected chi connectivity index (χ1v) is 5.27. The van der Waals surface area contributed by atoms with Crippen molar-refractivity contribution in [1.29, 1.82) is 0 Å². The molecular weight excluding hydrogens is 222 g/mol. The smallest absolute Gasteiger partial charge is 0.335 e. The lowest BCUT2D eigenvalue weighted by molar-refractivity contribution is -0.128. The van der Waals surface area contributed by atoms with Gasteiger partial charge in [-0.1, -0.05) is 6.07 Å². The third kappa shape index (κ3) is 2.29. The molecule has 0 atom stereocenters. The Bertz CT molecular complexity index is 465. The molecule has 1 saturated carbocycles. The number of benzene rings is 1. The van der Waals surface area contributed by atoms with Gasteiger partial charge in [0.25, 0.3) is 5.91 Å². The van der Waals surface area contributed by atoms with Crippen molar-refractivity contribution >= 4 is 17.6 Å². The Kier molecular flexibility index (Phi) is 2.85. The number of amides is 1. The van der Waals surface area contributed by atoms with E-state index in [4.69, 9.17) is 9.84 Å². The van der Waals surface area contributed by atoms with E-state index in [-0.39, 0.29) is 11.5 Å². The number of hydrogen-bond donors (Lipinski definition) is 2. The van der Waals surface area contributed by atoms with Gasteiger partial charge in [-0.25, -0.2) is 4.79 Å². The molecule has 1 fully saturated rings. The second-order valence-electron chi connectivity index (χ2n) is 4.04. The lowest BCUT2D eigenvalue weighted by Gasteiger charge is -2.13. The van der Waals surface area contributed by atoms with E-state index in [9.17, 15) is 9.59 Å². The molecule has 1 aromatic rings. The van der Waals surface area contributed by atoms with Crippen LogP contribution in [0.25, 0.3) is 0 Å². The van der Waals surface area contributed by atoms with Gasteiger partial charge in [0, 0.05) is 12.8 Å². The average Bonchev–Trinajstić information content (AvgIpc) is 3.10. The molecule has 17 heavy (non-hydrogen) atoms. The molecule has 1 aromatic carbocycles. The van der Waals surface area contributed by atoms with E-state index in [1.807, 2.05) is 0 Å². The lowest BCUT2D eigenvalue weighted by Crippen LogP contribution is -2.31. The topological polar surface area (TPSA) is 75.6 Å². The van der Waals surface area contributed by atoms with Crippen LogP contribution < -0.4 is 5.32 Å². The minimum atomic E-state index is -1.02. The van der Waals surface area contributed by atoms with Gasteiger partial charge in [0.1, 0.15) is 5.60 Å². The van der Waals surface area contributed by atoms with Crippen LogP contribution in [0.5, 0.6) is 0 Å². The Labute approximate surface area is 98.4 Å². The molecule has 2 rings (SSSR count). The number of carbonyl (C=O) groups excluding carboxylic acids is 1. The predicted molar refractivity (Wildman–Crippen MR) is 61.0 cm³/mol. The van der Waals surface area contributed by atoms with Gasteiger partial charge in [-0.15, -0.1) is 0 Å². The van der Waals surface area contributed by atoms with E-state index in [1.165, 1.54) is 19.2 Å². The summed E-state index contributed by atoms with van der Waals surface area (Å²) in [5, 5.41) is 11.5. The highest BCUT2D eigenvalue weighted by molar-refractivity contribution is 6.00. The summed E-state index contributed by atoms with van der Waals surface area (Å²) in [4.78, 5) is 22.6. The second-order valence-corrected chi connectivity index (χ2v) is 4.04. The molecule has 0 aromatic heterocycles. The van der Waals surface area contributed by atoms with Gasteiger partial charge < -0.3 is 15.2 Å². The Morgan fingerprint density at radius 1 is 1.41 bits per heavy atom. The zero-order valence-electron chi connectivity index (χ0n) is 9.40. The number of anilines is 1. The first-order valence-electron chi connectivity index (χ1n) is 5.27. The predicted octanol–water partition coefficient (Wildman–Crippen LogP) is 1.50. The number of rotatable bonds is 4. The third-order valence-corrected chi connectivity index (χ3v) is 2.88. The fourth-order valence-corrected chi connectivity index (χ4v) is 1.61. The normalized spacial score (nSPS) is 16.3. The molecule has 0 heterocycles. The molecule has 1 amide bonds. The van der Waals surface area contributed by atoms with E-state index in [0.717, 1.165) is 0 Å². The largest absolute Gasteiger partial charge is 0.478 e. The molecule has 90 valence electrons. The van der Waals surface area contributed by atoms with Gasteiger partial charge in [-0.2, -0.15) is 0 Å². The Hall–Kier alpha value is -1.88. The summed E-state index contributed by atoms with van der Waals surface area (Å²) in [6.45, 7) is 0. The molecule has 0 bridgehead atoms. The van der Waals surface area contributed by atoms with E-state index >= 15 is 0 Å². The van der Waals surface area contributed by atoms with Gasteiger partial charge in [-0.05, 0) is 31.0 Å². The monoisotopic (exact) mass is 235 g/mol. The van der Waals surface area contributed by atoms with Crippen LogP contribution in [0.2, 0.25) is 0 Å². The Morgan fingerprint density at radius 2 is 2.12 bits per heavy atom. The highest BCUT2D eigenvalue weighted by atomic mass is 16.5. The number of carbonyl (C=O) groups is 2. The first-order chi connectivity index (χ1) is 8.07. The molecule has 5 nitrogen and oxygen atoms in total. The molecule has 2 N–H and O–H groups in total. The first kappa shape index (κ1) is 11.6. The van der Waals surface area contributed by atoms with Crippen LogP contribution >= 0.6 is 0 Å². The fourth-order valence-electron chi connectivity index (χ4n) is 1.61. The molecule has 1 aliphatic carbocycles. The van der Waals surface area contributed by atoms with Crippen molar-refractivity contribution in [2.45, 2.75) is 18.4 Å². The van der Waals surface area contributed by atoms with Crippen LogP contribution in [0.3, 0.4) is 0 Å². The van der Waals surface area contributed by atoms with Crippen molar-refractivity contribution in [3.05, 3.63) is 29.8 Å². The van der Waals surface area contributed by atoms with Gasteiger partial charge in [0.15, 0.2) is 0 Å². The van der Waals surface area contributed by atoms with Crippen molar-refractivity contribution in [2.24, 2.45) is 0 Å². The van der Waals surface area contributed by atoms with E-state index < -0.39 is 11.6 Å². The maximum absolute atomic E-state index is 11.8.